The molecule has 0 bridgehead atoms. The molecule has 0 aromatic heterocycles. The summed E-state index contributed by atoms with van der Waals surface area (Å²) in [6.45, 7) is 0. The maximum atomic E-state index is 9.29. The number of thioether (sulfide) groups is 1. The Balaban J connectivity index is 1.83. The van der Waals surface area contributed by atoms with Crippen molar-refractivity contribution in [3.63, 3.8) is 0 Å². The van der Waals surface area contributed by atoms with E-state index in [4.69, 9.17) is 0 Å². The van der Waals surface area contributed by atoms with E-state index >= 15 is 0 Å². The van der Waals surface area contributed by atoms with Gasteiger partial charge in [0.25, 0.3) is 0 Å². The minimum absolute atomic E-state index is 0.606. The van der Waals surface area contributed by atoms with E-state index in [1.165, 1.54) is 5.56 Å². The van der Waals surface area contributed by atoms with E-state index in [0.717, 1.165) is 23.5 Å². The Kier molecular flexibility index (Phi) is 5.52. The first-order valence-electron chi connectivity index (χ1n) is 6.33. The van der Waals surface area contributed by atoms with Gasteiger partial charge in [-0.2, -0.15) is 11.8 Å². The van der Waals surface area contributed by atoms with Gasteiger partial charge >= 0.3 is 7.12 Å². The smallest absolute Gasteiger partial charge is 0.423 e. The van der Waals surface area contributed by atoms with Crippen molar-refractivity contribution in [3.8, 4) is 0 Å². The van der Waals surface area contributed by atoms with Crippen LogP contribution < -0.4 is 5.46 Å². The highest BCUT2D eigenvalue weighted by Gasteiger charge is 2.14. The Labute approximate surface area is 118 Å². The fraction of sp³-hybridized carbons (Fsp3) is 0.200. The zero-order valence-corrected chi connectivity index (χ0v) is 11.5. The largest absolute Gasteiger partial charge is 0.488 e. The van der Waals surface area contributed by atoms with Crippen molar-refractivity contribution in [3.05, 3.63) is 65.7 Å². The predicted octanol–water partition coefficient (Wildman–Crippen LogP) is 1.84. The van der Waals surface area contributed by atoms with Crippen molar-refractivity contribution < 1.29 is 10.0 Å². The molecule has 0 atom stereocenters. The Hall–Kier alpha value is -1.23. The van der Waals surface area contributed by atoms with Crippen LogP contribution in [0.15, 0.2) is 54.6 Å². The molecule has 0 aliphatic carbocycles. The van der Waals surface area contributed by atoms with Crippen molar-refractivity contribution in [2.75, 3.05) is 5.75 Å². The molecule has 2 nitrogen and oxygen atoms in total. The van der Waals surface area contributed by atoms with Crippen molar-refractivity contribution in [2.45, 2.75) is 12.2 Å². The molecule has 0 radical (unpaired) electrons. The SMILES string of the molecule is OB(O)c1ccccc1CSCCc1ccccc1. The molecule has 0 unspecified atom stereocenters. The highest BCUT2D eigenvalue weighted by atomic mass is 32.2. The Bertz CT molecular complexity index is 503. The van der Waals surface area contributed by atoms with E-state index < -0.39 is 7.12 Å². The zero-order valence-electron chi connectivity index (χ0n) is 10.7. The van der Waals surface area contributed by atoms with Gasteiger partial charge in [-0.05, 0) is 28.8 Å². The first-order chi connectivity index (χ1) is 9.27. The normalized spacial score (nSPS) is 10.4. The average molecular weight is 272 g/mol. The standard InChI is InChI=1S/C15H17BO2S/c17-16(18)15-9-5-4-8-14(15)12-19-11-10-13-6-2-1-3-7-13/h1-9,17-18H,10-12H2. The molecule has 0 saturated carbocycles. The van der Waals surface area contributed by atoms with Gasteiger partial charge in [0.2, 0.25) is 0 Å². The van der Waals surface area contributed by atoms with Crippen LogP contribution in [0.4, 0.5) is 0 Å². The molecule has 0 saturated heterocycles. The number of hydrogen-bond acceptors (Lipinski definition) is 3. The summed E-state index contributed by atoms with van der Waals surface area (Å²) in [6, 6.07) is 17.9. The molecule has 0 amide bonds. The fourth-order valence-electron chi connectivity index (χ4n) is 1.93. The molecule has 19 heavy (non-hydrogen) atoms. The fourth-order valence-corrected chi connectivity index (χ4v) is 2.94. The van der Waals surface area contributed by atoms with Gasteiger partial charge < -0.3 is 10.0 Å². The summed E-state index contributed by atoms with van der Waals surface area (Å²) in [5.74, 6) is 1.83. The number of aryl methyl sites for hydroxylation is 1. The number of rotatable bonds is 6. The van der Waals surface area contributed by atoms with Gasteiger partial charge in [0, 0.05) is 5.75 Å². The minimum atomic E-state index is -1.38. The lowest BCUT2D eigenvalue weighted by molar-refractivity contribution is 0.425. The van der Waals surface area contributed by atoms with Gasteiger partial charge in [-0.15, -0.1) is 0 Å². The predicted molar refractivity (Wildman–Crippen MR) is 82.6 cm³/mol. The van der Waals surface area contributed by atoms with Crippen molar-refractivity contribution in [1.29, 1.82) is 0 Å². The van der Waals surface area contributed by atoms with E-state index in [1.54, 1.807) is 6.07 Å². The molecule has 0 heterocycles. The van der Waals surface area contributed by atoms with Crippen molar-refractivity contribution in [2.24, 2.45) is 0 Å². The molecule has 0 aliphatic heterocycles. The number of benzene rings is 2. The highest BCUT2D eigenvalue weighted by Crippen LogP contribution is 2.13. The van der Waals surface area contributed by atoms with E-state index in [0.29, 0.717) is 5.46 Å². The summed E-state index contributed by atoms with van der Waals surface area (Å²) >= 11 is 1.81. The van der Waals surface area contributed by atoms with Crippen LogP contribution in [0.2, 0.25) is 0 Å². The third kappa shape index (κ3) is 4.42. The van der Waals surface area contributed by atoms with E-state index in [1.807, 2.05) is 36.0 Å². The van der Waals surface area contributed by atoms with Gasteiger partial charge in [0.1, 0.15) is 0 Å². The molecular weight excluding hydrogens is 255 g/mol. The lowest BCUT2D eigenvalue weighted by atomic mass is 9.77. The van der Waals surface area contributed by atoms with Gasteiger partial charge in [0.05, 0.1) is 0 Å². The van der Waals surface area contributed by atoms with Crippen LogP contribution in [0.3, 0.4) is 0 Å². The zero-order chi connectivity index (χ0) is 13.5. The third-order valence-corrected chi connectivity index (χ3v) is 3.98. The maximum Gasteiger partial charge on any atom is 0.488 e. The third-order valence-electron chi connectivity index (χ3n) is 2.97. The Morgan fingerprint density at radius 1 is 0.895 bits per heavy atom. The van der Waals surface area contributed by atoms with Crippen LogP contribution in [-0.4, -0.2) is 22.9 Å². The Morgan fingerprint density at radius 3 is 2.32 bits per heavy atom. The first kappa shape index (κ1) is 14.2. The summed E-state index contributed by atoms with van der Waals surface area (Å²) in [5.41, 5.74) is 2.94. The minimum Gasteiger partial charge on any atom is -0.423 e. The van der Waals surface area contributed by atoms with Gasteiger partial charge in [-0.3, -0.25) is 0 Å². The molecule has 2 aromatic rings. The van der Waals surface area contributed by atoms with Crippen LogP contribution in [0, 0.1) is 0 Å². The lowest BCUT2D eigenvalue weighted by Crippen LogP contribution is -2.32. The summed E-state index contributed by atoms with van der Waals surface area (Å²) in [6.07, 6.45) is 1.04. The summed E-state index contributed by atoms with van der Waals surface area (Å²) in [7, 11) is -1.38. The number of hydrogen-bond donors (Lipinski definition) is 2. The highest BCUT2D eigenvalue weighted by molar-refractivity contribution is 7.98. The summed E-state index contributed by atoms with van der Waals surface area (Å²) in [5, 5.41) is 18.6. The average Bonchev–Trinajstić information content (AvgIpc) is 2.45. The van der Waals surface area contributed by atoms with E-state index in [9.17, 15) is 10.0 Å². The van der Waals surface area contributed by atoms with Crippen LogP contribution in [0.5, 0.6) is 0 Å². The second-order valence-corrected chi connectivity index (χ2v) is 5.47. The molecule has 0 fully saturated rings. The maximum absolute atomic E-state index is 9.29. The van der Waals surface area contributed by atoms with Gasteiger partial charge in [-0.25, -0.2) is 0 Å². The second kappa shape index (κ2) is 7.39. The molecule has 0 spiro atoms. The Morgan fingerprint density at radius 2 is 1.58 bits per heavy atom. The van der Waals surface area contributed by atoms with Crippen LogP contribution >= 0.6 is 11.8 Å². The quantitative estimate of drug-likeness (QED) is 0.622. The van der Waals surface area contributed by atoms with Crippen LogP contribution in [0.25, 0.3) is 0 Å². The second-order valence-electron chi connectivity index (χ2n) is 4.36. The molecule has 4 heteroatoms. The summed E-state index contributed by atoms with van der Waals surface area (Å²) < 4.78 is 0. The molecule has 2 N–H and O–H groups in total. The first-order valence-corrected chi connectivity index (χ1v) is 7.48. The van der Waals surface area contributed by atoms with E-state index in [-0.39, 0.29) is 0 Å². The monoisotopic (exact) mass is 272 g/mol. The molecule has 0 aliphatic rings. The van der Waals surface area contributed by atoms with Crippen LogP contribution in [0.1, 0.15) is 11.1 Å². The molecule has 98 valence electrons. The topological polar surface area (TPSA) is 40.5 Å². The van der Waals surface area contributed by atoms with E-state index in [2.05, 4.69) is 24.3 Å². The van der Waals surface area contributed by atoms with Crippen molar-refractivity contribution >= 4 is 24.3 Å². The summed E-state index contributed by atoms with van der Waals surface area (Å²) in [4.78, 5) is 0. The molecule has 2 rings (SSSR count). The van der Waals surface area contributed by atoms with Gasteiger partial charge in [-0.1, -0.05) is 54.6 Å². The molecule has 2 aromatic carbocycles. The van der Waals surface area contributed by atoms with Crippen LogP contribution in [-0.2, 0) is 12.2 Å². The molecular formula is C15H17BO2S. The van der Waals surface area contributed by atoms with Gasteiger partial charge in [0.15, 0.2) is 0 Å². The van der Waals surface area contributed by atoms with Crippen molar-refractivity contribution in [1.82, 2.24) is 0 Å². The lowest BCUT2D eigenvalue weighted by Gasteiger charge is -2.08.